The lowest BCUT2D eigenvalue weighted by atomic mass is 10.1. The van der Waals surface area contributed by atoms with Gasteiger partial charge in [0, 0.05) is 38.9 Å². The number of aliphatic imine (C=N–C) groups is 1. The summed E-state index contributed by atoms with van der Waals surface area (Å²) in [6, 6.07) is 17.8. The summed E-state index contributed by atoms with van der Waals surface area (Å²) in [6.07, 6.45) is 2.59. The zero-order chi connectivity index (χ0) is 20.6. The SMILES string of the molecule is CN=C(NCc1cccc(CN(C)C)c1)NC(C)c1cccc(N2CCCC2)c1. The minimum absolute atomic E-state index is 0.184. The van der Waals surface area contributed by atoms with E-state index in [4.69, 9.17) is 0 Å². The lowest BCUT2D eigenvalue weighted by molar-refractivity contribution is 0.402. The molecule has 0 aromatic heterocycles. The molecule has 1 fully saturated rings. The lowest BCUT2D eigenvalue weighted by Gasteiger charge is -2.22. The highest BCUT2D eigenvalue weighted by atomic mass is 15.2. The Bertz CT molecular complexity index is 808. The summed E-state index contributed by atoms with van der Waals surface area (Å²) >= 11 is 0. The molecule has 1 atom stereocenters. The summed E-state index contributed by atoms with van der Waals surface area (Å²) in [4.78, 5) is 9.08. The molecular formula is C24H35N5. The molecule has 0 spiro atoms. The van der Waals surface area contributed by atoms with Gasteiger partial charge in [-0.15, -0.1) is 0 Å². The molecule has 5 heteroatoms. The number of rotatable bonds is 7. The van der Waals surface area contributed by atoms with E-state index in [1.54, 1.807) is 0 Å². The highest BCUT2D eigenvalue weighted by Gasteiger charge is 2.14. The Balaban J connectivity index is 1.58. The van der Waals surface area contributed by atoms with Crippen LogP contribution < -0.4 is 15.5 Å². The van der Waals surface area contributed by atoms with Crippen molar-refractivity contribution in [3.05, 3.63) is 65.2 Å². The molecule has 1 heterocycles. The van der Waals surface area contributed by atoms with Crippen LogP contribution in [0.4, 0.5) is 5.69 Å². The van der Waals surface area contributed by atoms with E-state index in [0.29, 0.717) is 0 Å². The summed E-state index contributed by atoms with van der Waals surface area (Å²) in [5.41, 5.74) is 5.19. The van der Waals surface area contributed by atoms with Gasteiger partial charge in [0.15, 0.2) is 5.96 Å². The Hall–Kier alpha value is -2.53. The molecule has 0 aliphatic carbocycles. The van der Waals surface area contributed by atoms with E-state index in [1.807, 2.05) is 7.05 Å². The molecule has 2 aromatic rings. The number of nitrogens with one attached hydrogen (secondary N) is 2. The van der Waals surface area contributed by atoms with Gasteiger partial charge in [-0.25, -0.2) is 0 Å². The average Bonchev–Trinajstić information content (AvgIpc) is 3.26. The first-order chi connectivity index (χ1) is 14.0. The maximum Gasteiger partial charge on any atom is 0.191 e. The molecule has 1 unspecified atom stereocenters. The molecule has 5 nitrogen and oxygen atoms in total. The predicted octanol–water partition coefficient (Wildman–Crippen LogP) is 3.77. The van der Waals surface area contributed by atoms with E-state index in [9.17, 15) is 0 Å². The average molecular weight is 394 g/mol. The third kappa shape index (κ3) is 6.23. The zero-order valence-electron chi connectivity index (χ0n) is 18.3. The zero-order valence-corrected chi connectivity index (χ0v) is 18.3. The van der Waals surface area contributed by atoms with Crippen molar-refractivity contribution in [2.75, 3.05) is 39.1 Å². The van der Waals surface area contributed by atoms with Crippen LogP contribution in [0.3, 0.4) is 0 Å². The van der Waals surface area contributed by atoms with Gasteiger partial charge in [-0.1, -0.05) is 36.4 Å². The first-order valence-electron chi connectivity index (χ1n) is 10.6. The van der Waals surface area contributed by atoms with E-state index in [0.717, 1.165) is 19.0 Å². The van der Waals surface area contributed by atoms with Crippen molar-refractivity contribution in [2.24, 2.45) is 4.99 Å². The number of hydrogen-bond donors (Lipinski definition) is 2. The minimum atomic E-state index is 0.184. The van der Waals surface area contributed by atoms with Crippen LogP contribution in [-0.4, -0.2) is 45.1 Å². The first kappa shape index (κ1) is 21.2. The van der Waals surface area contributed by atoms with Crippen molar-refractivity contribution < 1.29 is 0 Å². The second-order valence-electron chi connectivity index (χ2n) is 8.14. The normalized spacial score (nSPS) is 15.6. The minimum Gasteiger partial charge on any atom is -0.372 e. The number of anilines is 1. The van der Waals surface area contributed by atoms with Gasteiger partial charge < -0.3 is 20.4 Å². The van der Waals surface area contributed by atoms with Gasteiger partial charge in [0.1, 0.15) is 0 Å². The van der Waals surface area contributed by atoms with E-state index in [2.05, 4.69) is 95.0 Å². The standard InChI is InChI=1S/C24H35N5/c1-19(22-11-8-12-23(16-22)29-13-5-6-14-29)27-24(25-2)26-17-20-9-7-10-21(15-20)18-28(3)4/h7-12,15-16,19H,5-6,13-14,17-18H2,1-4H3,(H2,25,26,27). The van der Waals surface area contributed by atoms with E-state index >= 15 is 0 Å². The fourth-order valence-electron chi connectivity index (χ4n) is 3.84. The van der Waals surface area contributed by atoms with Crippen LogP contribution in [0.5, 0.6) is 0 Å². The van der Waals surface area contributed by atoms with Crippen molar-refractivity contribution >= 4 is 11.6 Å². The monoisotopic (exact) mass is 393 g/mol. The van der Waals surface area contributed by atoms with Crippen LogP contribution in [0.25, 0.3) is 0 Å². The van der Waals surface area contributed by atoms with Gasteiger partial charge in [-0.05, 0) is 62.7 Å². The first-order valence-corrected chi connectivity index (χ1v) is 10.6. The van der Waals surface area contributed by atoms with Crippen LogP contribution in [0.2, 0.25) is 0 Å². The van der Waals surface area contributed by atoms with E-state index in [1.165, 1.54) is 48.3 Å². The summed E-state index contributed by atoms with van der Waals surface area (Å²) in [6.45, 7) is 6.23. The summed E-state index contributed by atoms with van der Waals surface area (Å²) < 4.78 is 0. The van der Waals surface area contributed by atoms with Crippen LogP contribution in [0.1, 0.15) is 42.5 Å². The maximum absolute atomic E-state index is 4.42. The number of hydrogen-bond acceptors (Lipinski definition) is 3. The maximum atomic E-state index is 4.42. The number of nitrogens with zero attached hydrogens (tertiary/aromatic N) is 3. The molecule has 0 radical (unpaired) electrons. The fraction of sp³-hybridized carbons (Fsp3) is 0.458. The molecule has 1 aliphatic rings. The predicted molar refractivity (Wildman–Crippen MR) is 123 cm³/mol. The van der Waals surface area contributed by atoms with Crippen molar-refractivity contribution in [1.82, 2.24) is 15.5 Å². The van der Waals surface area contributed by atoms with E-state index in [-0.39, 0.29) is 6.04 Å². The molecule has 1 aliphatic heterocycles. The molecule has 2 N–H and O–H groups in total. The Morgan fingerprint density at radius 3 is 2.52 bits per heavy atom. The summed E-state index contributed by atoms with van der Waals surface area (Å²) in [5, 5.41) is 6.98. The van der Waals surface area contributed by atoms with Gasteiger partial charge in [0.05, 0.1) is 6.04 Å². The Labute approximate surface area is 175 Å². The van der Waals surface area contributed by atoms with Crippen LogP contribution in [0.15, 0.2) is 53.5 Å². The molecular weight excluding hydrogens is 358 g/mol. The molecule has 3 rings (SSSR count). The second kappa shape index (κ2) is 10.3. The van der Waals surface area contributed by atoms with Gasteiger partial charge in [-0.3, -0.25) is 4.99 Å². The van der Waals surface area contributed by atoms with Gasteiger partial charge >= 0.3 is 0 Å². The molecule has 0 amide bonds. The number of benzene rings is 2. The number of guanidine groups is 1. The van der Waals surface area contributed by atoms with Crippen molar-refractivity contribution in [2.45, 2.75) is 38.9 Å². The Kier molecular flexibility index (Phi) is 7.53. The van der Waals surface area contributed by atoms with Gasteiger partial charge in [-0.2, -0.15) is 0 Å². The Morgan fingerprint density at radius 1 is 1.07 bits per heavy atom. The summed E-state index contributed by atoms with van der Waals surface area (Å²) in [5.74, 6) is 0.821. The smallest absolute Gasteiger partial charge is 0.191 e. The molecule has 156 valence electrons. The molecule has 1 saturated heterocycles. The fourth-order valence-corrected chi connectivity index (χ4v) is 3.84. The molecule has 2 aromatic carbocycles. The van der Waals surface area contributed by atoms with Crippen molar-refractivity contribution in [3.63, 3.8) is 0 Å². The third-order valence-electron chi connectivity index (χ3n) is 5.37. The lowest BCUT2D eigenvalue weighted by Crippen LogP contribution is -2.38. The molecule has 0 saturated carbocycles. The van der Waals surface area contributed by atoms with Crippen molar-refractivity contribution in [1.29, 1.82) is 0 Å². The molecule has 29 heavy (non-hydrogen) atoms. The largest absolute Gasteiger partial charge is 0.372 e. The molecule has 0 bridgehead atoms. The highest BCUT2D eigenvalue weighted by Crippen LogP contribution is 2.23. The summed E-state index contributed by atoms with van der Waals surface area (Å²) in [7, 11) is 6.01. The third-order valence-corrected chi connectivity index (χ3v) is 5.37. The van der Waals surface area contributed by atoms with Crippen LogP contribution in [-0.2, 0) is 13.1 Å². The van der Waals surface area contributed by atoms with E-state index < -0.39 is 0 Å². The van der Waals surface area contributed by atoms with Crippen molar-refractivity contribution in [3.8, 4) is 0 Å². The topological polar surface area (TPSA) is 42.9 Å². The highest BCUT2D eigenvalue weighted by molar-refractivity contribution is 5.80. The van der Waals surface area contributed by atoms with Gasteiger partial charge in [0.2, 0.25) is 0 Å². The Morgan fingerprint density at radius 2 is 1.79 bits per heavy atom. The second-order valence-corrected chi connectivity index (χ2v) is 8.14. The van der Waals surface area contributed by atoms with Gasteiger partial charge in [0.25, 0.3) is 0 Å². The van der Waals surface area contributed by atoms with Crippen LogP contribution >= 0.6 is 0 Å². The van der Waals surface area contributed by atoms with Crippen LogP contribution in [0, 0.1) is 0 Å². The quantitative estimate of drug-likeness (QED) is 0.555.